The first-order chi connectivity index (χ1) is 20.8. The van der Waals surface area contributed by atoms with E-state index in [1.165, 1.54) is 0 Å². The Morgan fingerprint density at radius 3 is 1.56 bits per heavy atom. The summed E-state index contributed by atoms with van der Waals surface area (Å²) < 4.78 is 5.26. The number of pyridine rings is 3. The number of hydrogen-bond acceptors (Lipinski definition) is 5. The first-order valence-corrected chi connectivity index (χ1v) is 14.4. The average Bonchev–Trinajstić information content (AvgIpc) is 3.52. The van der Waals surface area contributed by atoms with Crippen molar-refractivity contribution in [3.8, 4) is 28.3 Å². The van der Waals surface area contributed by atoms with Gasteiger partial charge in [-0.2, -0.15) is 0 Å². The summed E-state index contributed by atoms with van der Waals surface area (Å²) in [5.74, 6) is 0.839. The van der Waals surface area contributed by atoms with E-state index in [-0.39, 0.29) is 20.1 Å². The van der Waals surface area contributed by atoms with E-state index in [0.29, 0.717) is 0 Å². The van der Waals surface area contributed by atoms with Crippen LogP contribution in [0, 0.1) is 18.5 Å². The van der Waals surface area contributed by atoms with Gasteiger partial charge in [-0.3, -0.25) is 4.98 Å². The maximum atomic E-state index is 4.26. The van der Waals surface area contributed by atoms with Crippen molar-refractivity contribution in [2.24, 2.45) is 2.00 Å². The minimum atomic E-state index is 0. The Kier molecular flexibility index (Phi) is 15.4. The molecular weight excluding hydrogens is 862 g/mol. The van der Waals surface area contributed by atoms with Crippen LogP contribution in [0.4, 0.5) is 0 Å². The molecule has 0 aliphatic carbocycles. The normalized spacial score (nSPS) is 9.40. The van der Waals surface area contributed by atoms with Crippen LogP contribution in [-0.4, -0.2) is 24.5 Å². The van der Waals surface area contributed by atoms with Crippen LogP contribution in [0.2, 0.25) is 0 Å². The fourth-order valence-electron chi connectivity index (χ4n) is 3.72. The molecule has 7 aromatic rings. The Hall–Kier alpha value is -3.66. The molecule has 0 amide bonds. The van der Waals surface area contributed by atoms with E-state index in [1.54, 1.807) is 18.6 Å². The first kappa shape index (κ1) is 33.8. The van der Waals surface area contributed by atoms with Crippen molar-refractivity contribution in [1.29, 1.82) is 0 Å². The zero-order chi connectivity index (χ0) is 29.2. The summed E-state index contributed by atoms with van der Waals surface area (Å²) in [6.07, 6.45) is 8.27. The molecular formula is C34H24IIrN6V. The third-order valence-corrected chi connectivity index (χ3v) is 5.57. The van der Waals surface area contributed by atoms with E-state index >= 15 is 0 Å². The molecule has 3 aromatic carbocycles. The van der Waals surface area contributed by atoms with Gasteiger partial charge >= 0.3 is 62.2 Å². The van der Waals surface area contributed by atoms with E-state index in [2.05, 4.69) is 57.6 Å². The Balaban J connectivity index is 0.000000168. The van der Waals surface area contributed by atoms with Gasteiger partial charge < -0.3 is 19.5 Å². The van der Waals surface area contributed by atoms with E-state index < -0.39 is 0 Å². The van der Waals surface area contributed by atoms with E-state index in [9.17, 15) is 0 Å². The van der Waals surface area contributed by atoms with Gasteiger partial charge in [0.05, 0.1) is 5.82 Å². The Morgan fingerprint density at radius 2 is 1.09 bits per heavy atom. The minimum absolute atomic E-state index is 0. The van der Waals surface area contributed by atoms with Crippen LogP contribution < -0.4 is 0 Å². The zero-order valence-corrected chi connectivity index (χ0v) is 28.6. The summed E-state index contributed by atoms with van der Waals surface area (Å²) in [6, 6.07) is 47.3. The quantitative estimate of drug-likeness (QED) is 0.132. The second-order valence-electron chi connectivity index (χ2n) is 8.28. The van der Waals surface area contributed by atoms with Gasteiger partial charge in [-0.1, -0.05) is 66.2 Å². The third-order valence-electron chi connectivity index (χ3n) is 5.57. The van der Waals surface area contributed by atoms with Crippen LogP contribution in [-0.2, 0) is 37.3 Å². The summed E-state index contributed by atoms with van der Waals surface area (Å²) >= 11 is 3.96. The number of imidazole rings is 1. The first-order valence-electron chi connectivity index (χ1n) is 12.8. The predicted molar refractivity (Wildman–Crippen MR) is 171 cm³/mol. The number of hydrogen-bond donors (Lipinski definition) is 0. The van der Waals surface area contributed by atoms with Crippen molar-refractivity contribution >= 4 is 33.9 Å². The van der Waals surface area contributed by atoms with Crippen LogP contribution in [0.3, 0.4) is 0 Å². The van der Waals surface area contributed by atoms with Crippen molar-refractivity contribution in [2.45, 2.75) is 0 Å². The van der Waals surface area contributed by atoms with E-state index in [1.807, 2.05) is 155 Å². The molecule has 4 aromatic heterocycles. The topological polar surface area (TPSA) is 68.8 Å². The second-order valence-corrected chi connectivity index (χ2v) is 10.3. The predicted octanol–water partition coefficient (Wildman–Crippen LogP) is 8.38. The SMILES string of the molecule is [Ir+3].[V]=[N]I.[c-]1ccccc1-c1ccccn1.[c-]1ccccc1-c1ccccn1.[c-]1nc2ccccc2n1-c1ccccn1. The van der Waals surface area contributed by atoms with Gasteiger partial charge in [-0.15, -0.1) is 71.8 Å². The average molecular weight is 887 g/mol. The largest absolute Gasteiger partial charge is 0.411 e. The summed E-state index contributed by atoms with van der Waals surface area (Å²) in [6.45, 7) is 0. The minimum Gasteiger partial charge on any atom is -0.411 e. The second kappa shape index (κ2) is 19.5. The van der Waals surface area contributed by atoms with Gasteiger partial charge in [-0.05, 0) is 35.1 Å². The van der Waals surface area contributed by atoms with E-state index in [4.69, 9.17) is 0 Å². The molecule has 6 nitrogen and oxygen atoms in total. The van der Waals surface area contributed by atoms with Crippen molar-refractivity contribution in [3.05, 3.63) is 164 Å². The maximum Gasteiger partial charge on any atom is 0.0552 e. The summed E-state index contributed by atoms with van der Waals surface area (Å²) in [4.78, 5) is 16.9. The zero-order valence-electron chi connectivity index (χ0n) is 22.7. The van der Waals surface area contributed by atoms with Gasteiger partial charge in [0.25, 0.3) is 0 Å². The van der Waals surface area contributed by atoms with Gasteiger partial charge in [0, 0.05) is 24.9 Å². The molecule has 0 spiro atoms. The molecule has 0 fully saturated rings. The number of nitrogens with zero attached hydrogens (tertiary/aromatic N) is 6. The molecule has 0 aliphatic rings. The molecule has 0 unspecified atom stereocenters. The molecule has 0 radical (unpaired) electrons. The molecule has 7 rings (SSSR count). The van der Waals surface area contributed by atoms with Crippen LogP contribution in [0.15, 0.2) is 148 Å². The van der Waals surface area contributed by atoms with Crippen LogP contribution >= 0.6 is 22.9 Å². The number of benzene rings is 3. The van der Waals surface area contributed by atoms with E-state index in [0.717, 1.165) is 39.4 Å². The van der Waals surface area contributed by atoms with Gasteiger partial charge in [-0.25, -0.2) is 0 Å². The number of halogens is 1. The fourth-order valence-corrected chi connectivity index (χ4v) is 3.72. The molecule has 9 heteroatoms. The van der Waals surface area contributed by atoms with Crippen LogP contribution in [0.5, 0.6) is 0 Å². The number of para-hydroxylation sites is 2. The smallest absolute Gasteiger partial charge is 0.0552 e. The monoisotopic (exact) mass is 887 g/mol. The van der Waals surface area contributed by atoms with Crippen molar-refractivity contribution < 1.29 is 37.3 Å². The molecule has 0 N–H and O–H groups in total. The summed E-state index contributed by atoms with van der Waals surface area (Å²) in [5, 5.41) is 0. The van der Waals surface area contributed by atoms with Crippen molar-refractivity contribution in [1.82, 2.24) is 24.5 Å². The number of fused-ring (bicyclic) bond motifs is 1. The molecule has 0 atom stereocenters. The summed E-state index contributed by atoms with van der Waals surface area (Å²) in [5.41, 5.74) is 5.98. The molecule has 0 bridgehead atoms. The van der Waals surface area contributed by atoms with Crippen LogP contribution in [0.25, 0.3) is 39.4 Å². The molecule has 0 saturated carbocycles. The molecule has 43 heavy (non-hydrogen) atoms. The number of aromatic nitrogens is 5. The standard InChI is InChI=1S/C12H8N3.2C11H8N.IN.Ir.V/c1-2-6-11-10(5-1)14-9-15(11)12-7-3-4-8-13-12;2*1-2-6-10(7-3-1)11-8-4-5-9-12-11;1-2;;/h1-8H;2*1-6,8-9H;;;/q3*-1;;+3;. The Labute approximate surface area is 288 Å². The number of rotatable bonds is 3. The Morgan fingerprint density at radius 1 is 0.605 bits per heavy atom. The van der Waals surface area contributed by atoms with Crippen LogP contribution in [0.1, 0.15) is 0 Å². The maximum absolute atomic E-state index is 4.26. The Bertz CT molecular complexity index is 1590. The van der Waals surface area contributed by atoms with Crippen molar-refractivity contribution in [3.63, 3.8) is 0 Å². The molecule has 0 saturated heterocycles. The van der Waals surface area contributed by atoms with Gasteiger partial charge in [0.1, 0.15) is 0 Å². The van der Waals surface area contributed by atoms with Crippen molar-refractivity contribution in [2.75, 3.05) is 0 Å². The van der Waals surface area contributed by atoms with Gasteiger partial charge in [0.15, 0.2) is 0 Å². The van der Waals surface area contributed by atoms with Gasteiger partial charge in [0.2, 0.25) is 0 Å². The third kappa shape index (κ3) is 10.8. The molecule has 211 valence electrons. The summed E-state index contributed by atoms with van der Waals surface area (Å²) in [7, 11) is 0. The fraction of sp³-hybridized carbons (Fsp3) is 0. The molecule has 0 aliphatic heterocycles. The molecule has 4 heterocycles.